The van der Waals surface area contributed by atoms with Gasteiger partial charge in [-0.15, -0.1) is 9.24 Å². The van der Waals surface area contributed by atoms with Crippen molar-refractivity contribution < 1.29 is 4.74 Å². The van der Waals surface area contributed by atoms with Crippen molar-refractivity contribution in [3.05, 3.63) is 0 Å². The van der Waals surface area contributed by atoms with Gasteiger partial charge in [0.2, 0.25) is 0 Å². The smallest absolute Gasteiger partial charge is 0.126 e. The van der Waals surface area contributed by atoms with Gasteiger partial charge in [-0.1, -0.05) is 6.92 Å². The Morgan fingerprint density at radius 1 is 1.55 bits per heavy atom. The second-order valence-corrected chi connectivity index (χ2v) is 3.71. The summed E-state index contributed by atoms with van der Waals surface area (Å²) in [6.07, 6.45) is 0.296. The monoisotopic (exact) mass is 177 g/mol. The Bertz CT molecular complexity index is 157. The summed E-state index contributed by atoms with van der Waals surface area (Å²) in [5.74, 6) is 0. The van der Waals surface area contributed by atoms with Crippen LogP contribution in [0, 0.1) is 0 Å². The lowest BCUT2D eigenvalue weighted by molar-refractivity contribution is -0.0360. The average molecular weight is 177 g/mol. The first kappa shape index (κ1) is 9.36. The Morgan fingerprint density at radius 3 is 2.27 bits per heavy atom. The van der Waals surface area contributed by atoms with Gasteiger partial charge in [0.1, 0.15) is 12.0 Å². The van der Waals surface area contributed by atoms with Crippen LogP contribution in [0.3, 0.4) is 0 Å². The van der Waals surface area contributed by atoms with E-state index >= 15 is 0 Å². The molecule has 0 aromatic heterocycles. The summed E-state index contributed by atoms with van der Waals surface area (Å²) in [6.45, 7) is 1.96. The molecule has 0 aromatic carbocycles. The molecule has 0 radical (unpaired) electrons. The van der Waals surface area contributed by atoms with E-state index in [-0.39, 0.29) is 11.7 Å². The van der Waals surface area contributed by atoms with Crippen molar-refractivity contribution in [1.82, 2.24) is 0 Å². The van der Waals surface area contributed by atoms with Crippen LogP contribution in [0.1, 0.15) is 13.3 Å². The second-order valence-electron chi connectivity index (χ2n) is 2.99. The number of ether oxygens (including phenoxy) is 1. The van der Waals surface area contributed by atoms with Crippen molar-refractivity contribution in [2.24, 2.45) is 17.2 Å². The van der Waals surface area contributed by atoms with E-state index in [1.165, 1.54) is 0 Å². The standard InChI is InChI=1S/C6H16N3OP/c1-2-6(9)4(11)3(7)5(8)10-6/h3-5H,2,7-9,11H2,1H3/t3-,4+,5?,6?/m1/s1. The van der Waals surface area contributed by atoms with Crippen LogP contribution in [0.4, 0.5) is 0 Å². The first-order valence-electron chi connectivity index (χ1n) is 3.74. The molecule has 0 saturated carbocycles. The highest BCUT2D eigenvalue weighted by molar-refractivity contribution is 7.18. The van der Waals surface area contributed by atoms with Crippen LogP contribution in [0.25, 0.3) is 0 Å². The maximum atomic E-state index is 5.88. The molecular formula is C6H16N3OP. The zero-order valence-electron chi connectivity index (χ0n) is 6.66. The molecule has 5 atom stereocenters. The summed E-state index contributed by atoms with van der Waals surface area (Å²) in [4.78, 5) is 0. The van der Waals surface area contributed by atoms with E-state index < -0.39 is 12.0 Å². The number of nitrogens with two attached hydrogens (primary N) is 3. The molecule has 1 aliphatic heterocycles. The van der Waals surface area contributed by atoms with Gasteiger partial charge in [0.25, 0.3) is 0 Å². The Hall–Kier alpha value is 0.270. The van der Waals surface area contributed by atoms with Crippen LogP contribution < -0.4 is 17.2 Å². The lowest BCUT2D eigenvalue weighted by atomic mass is 10.0. The summed E-state index contributed by atoms with van der Waals surface area (Å²) in [6, 6.07) is -0.176. The molecule has 0 aliphatic carbocycles. The quantitative estimate of drug-likeness (QED) is 0.445. The highest BCUT2D eigenvalue weighted by Crippen LogP contribution is 2.31. The molecule has 1 heterocycles. The summed E-state index contributed by atoms with van der Waals surface area (Å²) in [7, 11) is 2.59. The van der Waals surface area contributed by atoms with Gasteiger partial charge in [-0.2, -0.15) is 0 Å². The Labute approximate surface area is 69.0 Å². The van der Waals surface area contributed by atoms with Crippen molar-refractivity contribution in [3.63, 3.8) is 0 Å². The summed E-state index contributed by atoms with van der Waals surface area (Å²) in [5, 5.41) is 0. The van der Waals surface area contributed by atoms with Gasteiger partial charge in [-0.25, -0.2) is 0 Å². The van der Waals surface area contributed by atoms with Crippen LogP contribution >= 0.6 is 9.24 Å². The van der Waals surface area contributed by atoms with Gasteiger partial charge >= 0.3 is 0 Å². The molecule has 4 nitrogen and oxygen atoms in total. The van der Waals surface area contributed by atoms with Crippen molar-refractivity contribution in [2.45, 2.75) is 37.0 Å². The van der Waals surface area contributed by atoms with E-state index in [9.17, 15) is 0 Å². The number of hydrogen-bond donors (Lipinski definition) is 3. The van der Waals surface area contributed by atoms with E-state index in [4.69, 9.17) is 21.9 Å². The maximum Gasteiger partial charge on any atom is 0.126 e. The fourth-order valence-electron chi connectivity index (χ4n) is 1.26. The predicted molar refractivity (Wildman–Crippen MR) is 47.7 cm³/mol. The first-order valence-corrected chi connectivity index (χ1v) is 4.41. The summed E-state index contributed by atoms with van der Waals surface area (Å²) in [5.41, 5.74) is 16.6. The SMILES string of the molecule is CCC1(N)OC(N)[C@H](N)[C@@H]1P. The Morgan fingerprint density at radius 2 is 2.09 bits per heavy atom. The molecule has 1 fully saturated rings. The molecule has 0 aromatic rings. The van der Waals surface area contributed by atoms with Crippen molar-refractivity contribution in [3.8, 4) is 0 Å². The molecule has 1 rings (SSSR count). The van der Waals surface area contributed by atoms with E-state index in [0.717, 1.165) is 6.42 Å². The molecule has 0 spiro atoms. The molecule has 1 saturated heterocycles. The molecule has 6 N–H and O–H groups in total. The minimum Gasteiger partial charge on any atom is -0.341 e. The molecular weight excluding hydrogens is 161 g/mol. The molecule has 11 heavy (non-hydrogen) atoms. The third kappa shape index (κ3) is 1.42. The van der Waals surface area contributed by atoms with Crippen molar-refractivity contribution in [2.75, 3.05) is 0 Å². The van der Waals surface area contributed by atoms with Gasteiger partial charge < -0.3 is 21.9 Å². The molecule has 3 unspecified atom stereocenters. The zero-order valence-corrected chi connectivity index (χ0v) is 7.81. The van der Waals surface area contributed by atoms with Gasteiger partial charge in [0, 0.05) is 5.66 Å². The number of rotatable bonds is 1. The van der Waals surface area contributed by atoms with E-state index in [1.54, 1.807) is 0 Å². The molecule has 0 bridgehead atoms. The van der Waals surface area contributed by atoms with Gasteiger partial charge in [-0.05, 0) is 6.42 Å². The fraction of sp³-hybridized carbons (Fsp3) is 1.00. The van der Waals surface area contributed by atoms with Gasteiger partial charge in [0.05, 0.1) is 6.04 Å². The summed E-state index contributed by atoms with van der Waals surface area (Å²) < 4.78 is 5.33. The largest absolute Gasteiger partial charge is 0.341 e. The minimum atomic E-state index is -0.649. The summed E-state index contributed by atoms with van der Waals surface area (Å²) >= 11 is 0. The molecule has 1 aliphatic rings. The lowest BCUT2D eigenvalue weighted by Gasteiger charge is -2.26. The van der Waals surface area contributed by atoms with E-state index in [2.05, 4.69) is 9.24 Å². The minimum absolute atomic E-state index is 0.0440. The third-order valence-corrected chi connectivity index (χ3v) is 3.28. The lowest BCUT2D eigenvalue weighted by Crippen LogP contribution is -2.49. The normalized spacial score (nSPS) is 51.5. The second kappa shape index (κ2) is 2.96. The van der Waals surface area contributed by atoms with E-state index in [1.807, 2.05) is 6.92 Å². The number of hydrogen-bond acceptors (Lipinski definition) is 4. The third-order valence-electron chi connectivity index (χ3n) is 2.27. The predicted octanol–water partition coefficient (Wildman–Crippen LogP) is -1.06. The van der Waals surface area contributed by atoms with Crippen LogP contribution in [-0.2, 0) is 4.74 Å². The van der Waals surface area contributed by atoms with Crippen LogP contribution in [-0.4, -0.2) is 23.7 Å². The van der Waals surface area contributed by atoms with Crippen molar-refractivity contribution >= 4 is 9.24 Å². The van der Waals surface area contributed by atoms with E-state index in [0.29, 0.717) is 0 Å². The molecule has 0 amide bonds. The topological polar surface area (TPSA) is 87.3 Å². The van der Waals surface area contributed by atoms with Crippen molar-refractivity contribution in [1.29, 1.82) is 0 Å². The zero-order chi connectivity index (χ0) is 8.65. The first-order chi connectivity index (χ1) is 5.01. The fourth-order valence-corrected chi connectivity index (χ4v) is 1.79. The maximum absolute atomic E-state index is 5.88. The average Bonchev–Trinajstić information content (AvgIpc) is 2.17. The van der Waals surface area contributed by atoms with Crippen LogP contribution in [0.5, 0.6) is 0 Å². The molecule has 66 valence electrons. The highest BCUT2D eigenvalue weighted by atomic mass is 31.0. The Kier molecular flexibility index (Phi) is 2.52. The molecule has 5 heteroatoms. The van der Waals surface area contributed by atoms with Gasteiger partial charge in [0.15, 0.2) is 0 Å². The van der Waals surface area contributed by atoms with Gasteiger partial charge in [-0.3, -0.25) is 0 Å². The van der Waals surface area contributed by atoms with Crippen LogP contribution in [0.15, 0.2) is 0 Å². The highest BCUT2D eigenvalue weighted by Gasteiger charge is 2.46. The Balaban J connectivity index is 2.73. The van der Waals surface area contributed by atoms with Crippen LogP contribution in [0.2, 0.25) is 0 Å².